The molecule has 3 N–H and O–H groups in total. The second-order valence-corrected chi connectivity index (χ2v) is 4.68. The Kier molecular flexibility index (Phi) is 9.63. The lowest BCUT2D eigenvalue weighted by atomic mass is 10.1. The number of hydrogen-bond acceptors (Lipinski definition) is 5. The van der Waals surface area contributed by atoms with Crippen LogP contribution in [0, 0.1) is 0 Å². The van der Waals surface area contributed by atoms with Crippen LogP contribution in [0.1, 0.15) is 11.6 Å². The Morgan fingerprint density at radius 3 is 2.58 bits per heavy atom. The van der Waals surface area contributed by atoms with Gasteiger partial charge in [-0.05, 0) is 19.2 Å². The highest BCUT2D eigenvalue weighted by Crippen LogP contribution is 2.10. The predicted molar refractivity (Wildman–Crippen MR) is 95.4 cm³/mol. The minimum Gasteiger partial charge on any atom is -0.345 e. The zero-order chi connectivity index (χ0) is 15.9. The smallest absolute Gasteiger partial charge is 0.243 e. The number of rotatable bonds is 6. The van der Waals surface area contributed by atoms with Crippen LogP contribution in [-0.2, 0) is 16.6 Å². The number of pyridine rings is 1. The molecule has 132 valence electrons. The summed E-state index contributed by atoms with van der Waals surface area (Å²) in [7, 11) is 3.45. The third-order valence-corrected chi connectivity index (χ3v) is 2.98. The van der Waals surface area contributed by atoms with E-state index in [1.807, 2.05) is 0 Å². The fourth-order valence-electron chi connectivity index (χ4n) is 1.95. The molecule has 0 fully saturated rings. The molecule has 2 rings (SSSR count). The molecule has 2 aromatic heterocycles. The summed E-state index contributed by atoms with van der Waals surface area (Å²) in [5.41, 5.74) is 1.31. The molecule has 0 aromatic carbocycles. The fraction of sp³-hybridized carbons (Fsp3) is 0.286. The number of anilines is 1. The standard InChI is InChI=1S/C14H18N6O2.2ClH/c1-15-13(10-6-18-20(2)9-10)14(22)17-8-12(21)19-11-4-3-5-16-7-11;;/h3-7,9,13,15H,8H2,1-2H3,(H,17,22)(H,19,21);2*1H. The van der Waals surface area contributed by atoms with E-state index >= 15 is 0 Å². The SMILES string of the molecule is CNC(C(=O)NCC(=O)Nc1cccnc1)c1cnn(C)c1.Cl.Cl. The lowest BCUT2D eigenvalue weighted by Gasteiger charge is -2.14. The first kappa shape index (κ1) is 21.8. The van der Waals surface area contributed by atoms with Gasteiger partial charge in [-0.2, -0.15) is 5.10 Å². The summed E-state index contributed by atoms with van der Waals surface area (Å²) in [5, 5.41) is 12.2. The molecule has 0 saturated heterocycles. The van der Waals surface area contributed by atoms with E-state index in [4.69, 9.17) is 0 Å². The van der Waals surface area contributed by atoms with Crippen LogP contribution in [0.25, 0.3) is 0 Å². The minimum absolute atomic E-state index is 0. The first-order valence-electron chi connectivity index (χ1n) is 6.73. The predicted octanol–water partition coefficient (Wildman–Crippen LogP) is 0.674. The quantitative estimate of drug-likeness (QED) is 0.689. The molecule has 0 bridgehead atoms. The van der Waals surface area contributed by atoms with Crippen molar-refractivity contribution in [2.45, 2.75) is 6.04 Å². The average molecular weight is 375 g/mol. The van der Waals surface area contributed by atoms with E-state index in [2.05, 4.69) is 26.0 Å². The molecular weight excluding hydrogens is 355 g/mol. The van der Waals surface area contributed by atoms with E-state index in [1.165, 1.54) is 6.20 Å². The summed E-state index contributed by atoms with van der Waals surface area (Å²) in [5.74, 6) is -0.612. The third kappa shape index (κ3) is 6.15. The molecule has 24 heavy (non-hydrogen) atoms. The molecule has 8 nitrogen and oxygen atoms in total. The monoisotopic (exact) mass is 374 g/mol. The van der Waals surface area contributed by atoms with E-state index in [-0.39, 0.29) is 43.2 Å². The number of nitrogens with zero attached hydrogens (tertiary/aromatic N) is 3. The van der Waals surface area contributed by atoms with Crippen molar-refractivity contribution < 1.29 is 9.59 Å². The van der Waals surface area contributed by atoms with E-state index in [1.54, 1.807) is 49.5 Å². The number of hydrogen-bond donors (Lipinski definition) is 3. The van der Waals surface area contributed by atoms with E-state index < -0.39 is 6.04 Å². The summed E-state index contributed by atoms with van der Waals surface area (Å²) in [6.07, 6.45) is 6.50. The molecule has 2 aromatic rings. The van der Waals surface area contributed by atoms with Gasteiger partial charge in [0.05, 0.1) is 24.6 Å². The van der Waals surface area contributed by atoms with Crippen molar-refractivity contribution in [3.05, 3.63) is 42.5 Å². The maximum absolute atomic E-state index is 12.1. The van der Waals surface area contributed by atoms with Crippen molar-refractivity contribution in [3.8, 4) is 0 Å². The van der Waals surface area contributed by atoms with Crippen LogP contribution < -0.4 is 16.0 Å². The Labute approximate surface area is 152 Å². The van der Waals surface area contributed by atoms with Crippen molar-refractivity contribution in [3.63, 3.8) is 0 Å². The molecule has 0 spiro atoms. The van der Waals surface area contributed by atoms with Gasteiger partial charge in [0.2, 0.25) is 11.8 Å². The highest BCUT2D eigenvalue weighted by atomic mass is 35.5. The fourth-order valence-corrected chi connectivity index (χ4v) is 1.95. The number of amides is 2. The van der Waals surface area contributed by atoms with Gasteiger partial charge < -0.3 is 16.0 Å². The summed E-state index contributed by atoms with van der Waals surface area (Å²) in [6, 6.07) is 2.88. The Hall–Kier alpha value is -2.16. The number of halogens is 2. The second-order valence-electron chi connectivity index (χ2n) is 4.68. The topological polar surface area (TPSA) is 101 Å². The Morgan fingerprint density at radius 2 is 2.04 bits per heavy atom. The normalized spacial score (nSPS) is 10.8. The largest absolute Gasteiger partial charge is 0.345 e. The van der Waals surface area contributed by atoms with Gasteiger partial charge in [-0.25, -0.2) is 0 Å². The van der Waals surface area contributed by atoms with Gasteiger partial charge in [-0.15, -0.1) is 24.8 Å². The van der Waals surface area contributed by atoms with Crippen molar-refractivity contribution in [2.24, 2.45) is 7.05 Å². The van der Waals surface area contributed by atoms with Gasteiger partial charge in [0.25, 0.3) is 0 Å². The molecule has 0 saturated carbocycles. The lowest BCUT2D eigenvalue weighted by molar-refractivity contribution is -0.125. The zero-order valence-electron chi connectivity index (χ0n) is 13.2. The number of nitrogens with one attached hydrogen (secondary N) is 3. The minimum atomic E-state index is -0.556. The molecule has 1 unspecified atom stereocenters. The van der Waals surface area contributed by atoms with E-state index in [9.17, 15) is 9.59 Å². The average Bonchev–Trinajstić information content (AvgIpc) is 2.93. The summed E-state index contributed by atoms with van der Waals surface area (Å²) in [6.45, 7) is -0.119. The molecule has 0 aliphatic carbocycles. The third-order valence-electron chi connectivity index (χ3n) is 2.98. The van der Waals surface area contributed by atoms with Crippen molar-refractivity contribution in [2.75, 3.05) is 18.9 Å². The zero-order valence-corrected chi connectivity index (χ0v) is 14.9. The molecule has 0 aliphatic rings. The van der Waals surface area contributed by atoms with Gasteiger partial charge in [0, 0.05) is 25.0 Å². The first-order chi connectivity index (χ1) is 10.6. The van der Waals surface area contributed by atoms with Crippen LogP contribution in [0.4, 0.5) is 5.69 Å². The molecule has 0 radical (unpaired) electrons. The van der Waals surface area contributed by atoms with Gasteiger partial charge in [-0.3, -0.25) is 19.3 Å². The van der Waals surface area contributed by atoms with E-state index in [0.29, 0.717) is 5.69 Å². The summed E-state index contributed by atoms with van der Waals surface area (Å²) in [4.78, 5) is 27.8. The second kappa shape index (κ2) is 10.6. The number of likely N-dealkylation sites (N-methyl/N-ethyl adjacent to an activating group) is 1. The molecule has 2 heterocycles. The van der Waals surface area contributed by atoms with Gasteiger partial charge >= 0.3 is 0 Å². The van der Waals surface area contributed by atoms with Crippen LogP contribution in [0.15, 0.2) is 36.9 Å². The van der Waals surface area contributed by atoms with Gasteiger partial charge in [0.15, 0.2) is 0 Å². The maximum Gasteiger partial charge on any atom is 0.243 e. The number of carbonyl (C=O) groups is 2. The maximum atomic E-state index is 12.1. The first-order valence-corrected chi connectivity index (χ1v) is 6.73. The highest BCUT2D eigenvalue weighted by molar-refractivity contribution is 5.95. The number of aryl methyl sites for hydroxylation is 1. The molecular formula is C14H20Cl2N6O2. The van der Waals surface area contributed by atoms with Gasteiger partial charge in [-0.1, -0.05) is 0 Å². The molecule has 2 amide bonds. The summed E-state index contributed by atoms with van der Waals surface area (Å²) >= 11 is 0. The lowest BCUT2D eigenvalue weighted by Crippen LogP contribution is -2.39. The van der Waals surface area contributed by atoms with Gasteiger partial charge in [0.1, 0.15) is 6.04 Å². The number of carbonyl (C=O) groups excluding carboxylic acids is 2. The van der Waals surface area contributed by atoms with Crippen molar-refractivity contribution in [1.29, 1.82) is 0 Å². The molecule has 0 aliphatic heterocycles. The molecule has 1 atom stereocenters. The van der Waals surface area contributed by atoms with Crippen LogP contribution in [-0.4, -0.2) is 40.2 Å². The Bertz CT molecular complexity index is 650. The van der Waals surface area contributed by atoms with E-state index in [0.717, 1.165) is 5.56 Å². The van der Waals surface area contributed by atoms with Crippen molar-refractivity contribution in [1.82, 2.24) is 25.4 Å². The van der Waals surface area contributed by atoms with Crippen LogP contribution in [0.5, 0.6) is 0 Å². The Morgan fingerprint density at radius 1 is 1.29 bits per heavy atom. The molecule has 10 heteroatoms. The van der Waals surface area contributed by atoms with Crippen LogP contribution in [0.3, 0.4) is 0 Å². The highest BCUT2D eigenvalue weighted by Gasteiger charge is 2.20. The number of aromatic nitrogens is 3. The van der Waals surface area contributed by atoms with Crippen LogP contribution >= 0.6 is 24.8 Å². The van der Waals surface area contributed by atoms with Crippen LogP contribution in [0.2, 0.25) is 0 Å². The summed E-state index contributed by atoms with van der Waals surface area (Å²) < 4.78 is 1.61. The van der Waals surface area contributed by atoms with Crippen molar-refractivity contribution >= 4 is 42.3 Å². The Balaban J connectivity index is 0.00000264.